The second-order valence-corrected chi connectivity index (χ2v) is 7.44. The molecule has 5 atom stereocenters. The lowest BCUT2D eigenvalue weighted by Crippen LogP contribution is -2.38. The number of ether oxygens (including phenoxy) is 2. The van der Waals surface area contributed by atoms with Crippen molar-refractivity contribution in [2.75, 3.05) is 6.61 Å². The molecule has 20 heavy (non-hydrogen) atoms. The number of allylic oxidation sites excluding steroid dienone is 1. The van der Waals surface area contributed by atoms with Gasteiger partial charge in [-0.2, -0.15) is 0 Å². The predicted molar refractivity (Wildman–Crippen MR) is 91.6 cm³/mol. The Balaban J connectivity index is 2.58. The van der Waals surface area contributed by atoms with Crippen molar-refractivity contribution in [1.29, 1.82) is 0 Å². The second-order valence-electron chi connectivity index (χ2n) is 5.09. The molecule has 0 aromatic carbocycles. The van der Waals surface area contributed by atoms with Crippen molar-refractivity contribution in [3.63, 3.8) is 0 Å². The van der Waals surface area contributed by atoms with Crippen LogP contribution in [0.15, 0.2) is 12.2 Å². The highest BCUT2D eigenvalue weighted by atomic mass is 79.9. The van der Waals surface area contributed by atoms with Gasteiger partial charge in [0, 0.05) is 22.7 Å². The Labute approximate surface area is 139 Å². The van der Waals surface area contributed by atoms with Gasteiger partial charge in [0.2, 0.25) is 0 Å². The first-order valence-electron chi connectivity index (χ1n) is 7.23. The van der Waals surface area contributed by atoms with Crippen LogP contribution >= 0.6 is 31.9 Å². The van der Waals surface area contributed by atoms with E-state index in [-0.39, 0.29) is 18.3 Å². The Bertz CT molecular complexity index is 338. The number of rotatable bonds is 5. The van der Waals surface area contributed by atoms with E-state index in [1.54, 1.807) is 0 Å². The molecular formula is C16H24Br2O2. The van der Waals surface area contributed by atoms with Crippen molar-refractivity contribution in [2.45, 2.75) is 67.5 Å². The number of terminal acetylenes is 1. The van der Waals surface area contributed by atoms with Crippen LogP contribution in [0.1, 0.15) is 39.5 Å². The lowest BCUT2D eigenvalue weighted by atomic mass is 10.0. The Morgan fingerprint density at radius 1 is 1.45 bits per heavy atom. The van der Waals surface area contributed by atoms with Gasteiger partial charge in [-0.05, 0) is 26.2 Å². The minimum absolute atomic E-state index is 0.0773. The molecule has 1 rings (SSSR count). The molecule has 0 aromatic rings. The lowest BCUT2D eigenvalue weighted by Gasteiger charge is -2.33. The molecule has 0 amide bonds. The van der Waals surface area contributed by atoms with Gasteiger partial charge in [0.25, 0.3) is 0 Å². The summed E-state index contributed by atoms with van der Waals surface area (Å²) < 4.78 is 12.0. The maximum Gasteiger partial charge on any atom is 0.0732 e. The summed E-state index contributed by atoms with van der Waals surface area (Å²) in [4.78, 5) is 0.656. The fraction of sp³-hybridized carbons (Fsp3) is 0.750. The largest absolute Gasteiger partial charge is 0.377 e. The van der Waals surface area contributed by atoms with Gasteiger partial charge >= 0.3 is 0 Å². The Morgan fingerprint density at radius 3 is 2.85 bits per heavy atom. The van der Waals surface area contributed by atoms with Crippen molar-refractivity contribution in [3.8, 4) is 12.3 Å². The molecule has 1 aliphatic heterocycles. The van der Waals surface area contributed by atoms with Gasteiger partial charge in [-0.3, -0.25) is 0 Å². The molecule has 1 heterocycles. The van der Waals surface area contributed by atoms with Crippen LogP contribution in [-0.4, -0.2) is 34.6 Å². The zero-order valence-corrected chi connectivity index (χ0v) is 15.4. The van der Waals surface area contributed by atoms with E-state index in [0.29, 0.717) is 16.1 Å². The van der Waals surface area contributed by atoms with E-state index in [0.717, 1.165) is 25.9 Å². The SMILES string of the molecule is C#CC/C=C/C(C)O[C@H]1C[C@H](Br)[C@@H](CC)OCC[C@@H]1Br. The maximum atomic E-state index is 6.16. The van der Waals surface area contributed by atoms with Gasteiger partial charge in [-0.15, -0.1) is 12.3 Å². The topological polar surface area (TPSA) is 18.5 Å². The Hall–Kier alpha value is 0.180. The molecule has 0 bridgehead atoms. The minimum atomic E-state index is 0.0773. The summed E-state index contributed by atoms with van der Waals surface area (Å²) >= 11 is 7.49. The lowest BCUT2D eigenvalue weighted by molar-refractivity contribution is -0.0242. The van der Waals surface area contributed by atoms with Gasteiger partial charge < -0.3 is 9.47 Å². The van der Waals surface area contributed by atoms with Crippen LogP contribution < -0.4 is 0 Å². The highest BCUT2D eigenvalue weighted by Gasteiger charge is 2.30. The minimum Gasteiger partial charge on any atom is -0.377 e. The average Bonchev–Trinajstić information content (AvgIpc) is 2.41. The highest BCUT2D eigenvalue weighted by molar-refractivity contribution is 9.09. The van der Waals surface area contributed by atoms with E-state index in [1.165, 1.54) is 0 Å². The standard InChI is InChI=1S/C16H24Br2O2/c1-4-6-7-8-12(3)20-16-11-14(18)15(5-2)19-10-9-13(16)17/h1,7-8,12-16H,5-6,9-11H2,2-3H3/b8-7+/t12?,13-,14-,15+,16-/m0/s1. The molecule has 0 aromatic heterocycles. The van der Waals surface area contributed by atoms with Crippen molar-refractivity contribution >= 4 is 31.9 Å². The maximum absolute atomic E-state index is 6.16. The molecule has 0 aliphatic carbocycles. The Morgan fingerprint density at radius 2 is 2.20 bits per heavy atom. The van der Waals surface area contributed by atoms with Crippen LogP contribution in [0.4, 0.5) is 0 Å². The van der Waals surface area contributed by atoms with E-state index in [9.17, 15) is 0 Å². The van der Waals surface area contributed by atoms with Crippen LogP contribution in [-0.2, 0) is 9.47 Å². The van der Waals surface area contributed by atoms with E-state index < -0.39 is 0 Å². The third-order valence-corrected chi connectivity index (χ3v) is 5.44. The fourth-order valence-electron chi connectivity index (χ4n) is 2.31. The molecule has 0 radical (unpaired) electrons. The molecular weight excluding hydrogens is 384 g/mol. The second kappa shape index (κ2) is 10.00. The fourth-order valence-corrected chi connectivity index (χ4v) is 3.73. The van der Waals surface area contributed by atoms with Gasteiger partial charge in [0.05, 0.1) is 18.3 Å². The van der Waals surface area contributed by atoms with E-state index in [4.69, 9.17) is 15.9 Å². The van der Waals surface area contributed by atoms with Crippen LogP contribution in [0.25, 0.3) is 0 Å². The molecule has 1 aliphatic rings. The van der Waals surface area contributed by atoms with E-state index >= 15 is 0 Å². The molecule has 0 saturated carbocycles. The molecule has 0 spiro atoms. The van der Waals surface area contributed by atoms with Crippen molar-refractivity contribution in [2.24, 2.45) is 0 Å². The third kappa shape index (κ3) is 6.30. The molecule has 1 saturated heterocycles. The van der Waals surface area contributed by atoms with Crippen molar-refractivity contribution in [1.82, 2.24) is 0 Å². The van der Waals surface area contributed by atoms with Gasteiger partial charge in [-0.1, -0.05) is 50.9 Å². The summed E-state index contributed by atoms with van der Waals surface area (Å²) in [7, 11) is 0. The first kappa shape index (κ1) is 18.2. The smallest absolute Gasteiger partial charge is 0.0732 e. The van der Waals surface area contributed by atoms with Crippen molar-refractivity contribution < 1.29 is 9.47 Å². The summed E-state index contributed by atoms with van der Waals surface area (Å²) in [6.07, 6.45) is 13.4. The van der Waals surface area contributed by atoms with Crippen LogP contribution in [0, 0.1) is 12.3 Å². The summed E-state index contributed by atoms with van der Waals surface area (Å²) in [5.41, 5.74) is 0. The third-order valence-electron chi connectivity index (χ3n) is 3.42. The molecule has 114 valence electrons. The van der Waals surface area contributed by atoms with Gasteiger partial charge in [0.15, 0.2) is 0 Å². The zero-order chi connectivity index (χ0) is 15.0. The summed E-state index contributed by atoms with van der Waals surface area (Å²) in [6, 6.07) is 0. The number of hydrogen-bond donors (Lipinski definition) is 0. The molecule has 0 N–H and O–H groups in total. The van der Waals surface area contributed by atoms with Gasteiger partial charge in [-0.25, -0.2) is 0 Å². The first-order valence-corrected chi connectivity index (χ1v) is 9.06. The summed E-state index contributed by atoms with van der Waals surface area (Å²) in [5.74, 6) is 2.60. The molecule has 1 fully saturated rings. The van der Waals surface area contributed by atoms with Gasteiger partial charge in [0.1, 0.15) is 0 Å². The van der Waals surface area contributed by atoms with E-state index in [2.05, 4.69) is 51.6 Å². The number of halogens is 2. The number of hydrogen-bond acceptors (Lipinski definition) is 2. The number of alkyl halides is 2. The Kier molecular flexibility index (Phi) is 9.11. The quantitative estimate of drug-likeness (QED) is 0.380. The first-order chi connectivity index (χ1) is 9.58. The highest BCUT2D eigenvalue weighted by Crippen LogP contribution is 2.29. The van der Waals surface area contributed by atoms with Crippen LogP contribution in [0.5, 0.6) is 0 Å². The normalized spacial score (nSPS) is 33.4. The monoisotopic (exact) mass is 406 g/mol. The van der Waals surface area contributed by atoms with Crippen molar-refractivity contribution in [3.05, 3.63) is 12.2 Å². The van der Waals surface area contributed by atoms with Crippen LogP contribution in [0.2, 0.25) is 0 Å². The molecule has 1 unspecified atom stereocenters. The summed E-state index contributed by atoms with van der Waals surface area (Å²) in [5, 5.41) is 0. The average molecular weight is 408 g/mol. The zero-order valence-electron chi connectivity index (χ0n) is 12.2. The molecule has 4 heteroatoms. The van der Waals surface area contributed by atoms with E-state index in [1.807, 2.05) is 12.2 Å². The van der Waals surface area contributed by atoms with Crippen LogP contribution in [0.3, 0.4) is 0 Å². The molecule has 2 nitrogen and oxygen atoms in total. The summed E-state index contributed by atoms with van der Waals surface area (Å²) in [6.45, 7) is 4.99. The predicted octanol–water partition coefficient (Wildman–Crippen LogP) is 4.46.